The number of likely N-dealkylation sites (N-methyl/N-ethyl adjacent to an activating group) is 1. The maximum Gasteiger partial charge on any atom is 0.326 e. The number of carbonyl (C=O) groups is 5. The quantitative estimate of drug-likeness (QED) is 0.0845. The van der Waals surface area contributed by atoms with Crippen molar-refractivity contribution in [2.24, 2.45) is 11.5 Å². The molecule has 4 atom stereocenters. The van der Waals surface area contributed by atoms with Crippen LogP contribution in [0.3, 0.4) is 0 Å². The molecular formula is C46H58N8O10. The van der Waals surface area contributed by atoms with Gasteiger partial charge in [-0.2, -0.15) is 0 Å². The topological polar surface area (TPSA) is 282 Å². The SMILES string of the molecule is Cc1nc(-c2ccc(C(C)(C)C)cc2)nc(C)c1C(=O)NCC(=O)N(C)[C@@H]1C(=O)N[C@@H](C)C(=O)N[C@H](C(=O)O)Cc2ccc(OC[C@H](O)CN)c(c2)-c2cc1cc(OCCCN)c2O. The summed E-state index contributed by atoms with van der Waals surface area (Å²) in [5, 5.41) is 39.8. The molecule has 0 unspecified atom stereocenters. The van der Waals surface area contributed by atoms with Crippen LogP contribution < -0.4 is 36.9 Å². The molecule has 0 spiro atoms. The second kappa shape index (κ2) is 20.7. The molecule has 64 heavy (non-hydrogen) atoms. The van der Waals surface area contributed by atoms with Gasteiger partial charge in [0.05, 0.1) is 30.1 Å². The van der Waals surface area contributed by atoms with Crippen molar-refractivity contribution in [2.45, 2.75) is 84.0 Å². The third kappa shape index (κ3) is 11.5. The molecule has 1 aromatic heterocycles. The van der Waals surface area contributed by atoms with Crippen LogP contribution in [0, 0.1) is 13.8 Å². The van der Waals surface area contributed by atoms with E-state index in [0.29, 0.717) is 29.2 Å². The zero-order chi connectivity index (χ0) is 47.0. The van der Waals surface area contributed by atoms with Gasteiger partial charge in [0.15, 0.2) is 17.3 Å². The maximum atomic E-state index is 14.4. The lowest BCUT2D eigenvalue weighted by atomic mass is 9.86. The number of phenolic OH excluding ortho intramolecular Hbond substituents is 1. The summed E-state index contributed by atoms with van der Waals surface area (Å²) < 4.78 is 11.9. The Morgan fingerprint density at radius 1 is 0.938 bits per heavy atom. The van der Waals surface area contributed by atoms with Crippen LogP contribution in [-0.4, -0.2) is 118 Å². The summed E-state index contributed by atoms with van der Waals surface area (Å²) >= 11 is 0. The molecule has 1 aliphatic heterocycles. The number of carboxylic acid groups (broad SMARTS) is 1. The molecule has 0 radical (unpaired) electrons. The normalized spacial score (nSPS) is 17.0. The number of aryl methyl sites for hydroxylation is 2. The Bertz CT molecular complexity index is 2360. The second-order valence-corrected chi connectivity index (χ2v) is 16.8. The van der Waals surface area contributed by atoms with Gasteiger partial charge in [0.2, 0.25) is 17.7 Å². The minimum Gasteiger partial charge on any atom is -0.504 e. The third-order valence-electron chi connectivity index (χ3n) is 10.8. The van der Waals surface area contributed by atoms with Gasteiger partial charge in [-0.05, 0) is 80.1 Å². The molecule has 18 nitrogen and oxygen atoms in total. The number of aromatic hydroxyl groups is 1. The number of amides is 4. The first-order valence-corrected chi connectivity index (χ1v) is 20.9. The molecule has 4 bridgehead atoms. The predicted molar refractivity (Wildman–Crippen MR) is 238 cm³/mol. The van der Waals surface area contributed by atoms with E-state index in [1.54, 1.807) is 26.0 Å². The molecule has 2 heterocycles. The number of aliphatic hydroxyl groups is 1. The van der Waals surface area contributed by atoms with Crippen molar-refractivity contribution < 1.29 is 48.8 Å². The minimum atomic E-state index is -1.53. The molecule has 4 aromatic rings. The molecule has 0 saturated heterocycles. The Labute approximate surface area is 371 Å². The van der Waals surface area contributed by atoms with E-state index in [4.69, 9.17) is 20.9 Å². The smallest absolute Gasteiger partial charge is 0.326 e. The lowest BCUT2D eigenvalue weighted by Gasteiger charge is -2.30. The number of hydrogen-bond acceptors (Lipinski definition) is 13. The van der Waals surface area contributed by atoms with Crippen LogP contribution in [0.15, 0.2) is 54.6 Å². The summed E-state index contributed by atoms with van der Waals surface area (Å²) in [6, 6.07) is 11.1. The largest absolute Gasteiger partial charge is 0.504 e. The highest BCUT2D eigenvalue weighted by Crippen LogP contribution is 2.44. The zero-order valence-electron chi connectivity index (χ0n) is 37.2. The van der Waals surface area contributed by atoms with Gasteiger partial charge in [-0.15, -0.1) is 0 Å². The molecule has 1 aliphatic rings. The van der Waals surface area contributed by atoms with Crippen LogP contribution in [0.1, 0.15) is 78.6 Å². The van der Waals surface area contributed by atoms with Crippen molar-refractivity contribution in [3.63, 3.8) is 0 Å². The number of carboxylic acids is 1. The minimum absolute atomic E-state index is 0.0475. The van der Waals surface area contributed by atoms with E-state index in [1.807, 2.05) is 24.3 Å². The number of aromatic nitrogens is 2. The number of fused-ring (bicyclic) bond motifs is 5. The number of nitrogens with two attached hydrogens (primary N) is 2. The fraction of sp³-hybridized carbons (Fsp3) is 0.413. The summed E-state index contributed by atoms with van der Waals surface area (Å²) in [5.74, 6) is -4.28. The fourth-order valence-corrected chi connectivity index (χ4v) is 7.11. The van der Waals surface area contributed by atoms with E-state index in [9.17, 15) is 39.3 Å². The van der Waals surface area contributed by atoms with E-state index >= 15 is 0 Å². The number of rotatable bonds is 14. The van der Waals surface area contributed by atoms with Gasteiger partial charge >= 0.3 is 5.97 Å². The highest BCUT2D eigenvalue weighted by atomic mass is 16.5. The number of aliphatic carboxylic acids is 1. The molecule has 10 N–H and O–H groups in total. The highest BCUT2D eigenvalue weighted by molar-refractivity contribution is 5.99. The van der Waals surface area contributed by atoms with Gasteiger partial charge in [-0.1, -0.05) is 51.1 Å². The Hall–Kier alpha value is -6.63. The van der Waals surface area contributed by atoms with Crippen LogP contribution in [0.25, 0.3) is 22.5 Å². The first-order valence-electron chi connectivity index (χ1n) is 20.9. The van der Waals surface area contributed by atoms with Crippen LogP contribution >= 0.6 is 0 Å². The first kappa shape index (κ1) is 48.4. The number of hydrogen-bond donors (Lipinski definition) is 8. The zero-order valence-corrected chi connectivity index (χ0v) is 37.2. The lowest BCUT2D eigenvalue weighted by Crippen LogP contribution is -2.53. The van der Waals surface area contributed by atoms with Crippen molar-refractivity contribution in [3.8, 4) is 39.8 Å². The van der Waals surface area contributed by atoms with Crippen molar-refractivity contribution in [2.75, 3.05) is 39.9 Å². The van der Waals surface area contributed by atoms with Gasteiger partial charge in [-0.3, -0.25) is 19.2 Å². The molecule has 0 fully saturated rings. The first-order chi connectivity index (χ1) is 30.2. The maximum absolute atomic E-state index is 14.4. The van der Waals surface area contributed by atoms with Crippen LogP contribution in [0.4, 0.5) is 0 Å². The van der Waals surface area contributed by atoms with E-state index in [-0.39, 0.29) is 77.6 Å². The molecule has 5 rings (SSSR count). The molecule has 0 aliphatic carbocycles. The Morgan fingerprint density at radius 2 is 1.61 bits per heavy atom. The van der Waals surface area contributed by atoms with E-state index in [0.717, 1.165) is 16.0 Å². The summed E-state index contributed by atoms with van der Waals surface area (Å²) in [6.45, 7) is 10.4. The Balaban J connectivity index is 1.54. The third-order valence-corrected chi connectivity index (χ3v) is 10.8. The van der Waals surface area contributed by atoms with Crippen molar-refractivity contribution in [1.29, 1.82) is 0 Å². The van der Waals surface area contributed by atoms with Gasteiger partial charge in [0.25, 0.3) is 5.91 Å². The van der Waals surface area contributed by atoms with Crippen molar-refractivity contribution >= 4 is 29.6 Å². The van der Waals surface area contributed by atoms with E-state index in [1.165, 1.54) is 32.2 Å². The van der Waals surface area contributed by atoms with Gasteiger partial charge in [0.1, 0.15) is 36.6 Å². The number of phenols is 1. The van der Waals surface area contributed by atoms with Gasteiger partial charge in [0, 0.05) is 36.7 Å². The van der Waals surface area contributed by atoms with Crippen molar-refractivity contribution in [1.82, 2.24) is 30.8 Å². The van der Waals surface area contributed by atoms with Crippen LogP contribution in [0.2, 0.25) is 0 Å². The molecule has 342 valence electrons. The lowest BCUT2D eigenvalue weighted by molar-refractivity contribution is -0.142. The van der Waals surface area contributed by atoms with Gasteiger partial charge in [-0.25, -0.2) is 14.8 Å². The number of nitrogens with zero attached hydrogens (tertiary/aromatic N) is 3. The highest BCUT2D eigenvalue weighted by Gasteiger charge is 2.34. The summed E-state index contributed by atoms with van der Waals surface area (Å²) in [6.07, 6.45) is -0.867. The monoisotopic (exact) mass is 882 g/mol. The second-order valence-electron chi connectivity index (χ2n) is 16.8. The Morgan fingerprint density at radius 3 is 2.22 bits per heavy atom. The standard InChI is InChI=1S/C46H58N8O10/c1-24-38(25(2)51-41(50-24)28-10-12-30(13-11-28)46(4,5)6)43(59)49-22-37(56)54(7)39-29-19-33(40(57)36(20-29)63-16-8-15-47)32-17-27(9-14-35(32)64-23-31(55)21-48)18-34(45(61)62)53-42(58)26(3)52-44(39)60/h9-14,17,19-20,26,31,34,39,55,57H,8,15-16,18,21-23,47-48H2,1-7H3,(H,49,59)(H,52,60)(H,53,58)(H,61,62)/t26-,31+,34-,39-/m0/s1. The van der Waals surface area contributed by atoms with Crippen molar-refractivity contribution in [3.05, 3.63) is 88.2 Å². The van der Waals surface area contributed by atoms with Gasteiger partial charge < -0.3 is 57.1 Å². The average molecular weight is 883 g/mol. The average Bonchev–Trinajstić information content (AvgIpc) is 3.24. The molecule has 3 aromatic carbocycles. The van der Waals surface area contributed by atoms with E-state index < -0.39 is 60.4 Å². The number of carbonyl (C=O) groups excluding carboxylic acids is 4. The number of ether oxygens (including phenoxy) is 2. The molecule has 4 amide bonds. The van der Waals surface area contributed by atoms with Crippen LogP contribution in [-0.2, 0) is 31.0 Å². The molecule has 18 heteroatoms. The predicted octanol–water partition coefficient (Wildman–Crippen LogP) is 2.42. The van der Waals surface area contributed by atoms with Crippen LogP contribution in [0.5, 0.6) is 17.2 Å². The Kier molecular flexibility index (Phi) is 15.7. The molecule has 0 saturated carbocycles. The summed E-state index contributed by atoms with van der Waals surface area (Å²) in [4.78, 5) is 78.3. The number of benzene rings is 3. The summed E-state index contributed by atoms with van der Waals surface area (Å²) in [5.41, 5.74) is 14.9. The fourth-order valence-electron chi connectivity index (χ4n) is 7.11. The van der Waals surface area contributed by atoms with E-state index in [2.05, 4.69) is 46.7 Å². The number of nitrogens with one attached hydrogen (secondary N) is 3. The summed E-state index contributed by atoms with van der Waals surface area (Å²) in [7, 11) is 1.33. The number of aliphatic hydroxyl groups excluding tert-OH is 1. The molecular weight excluding hydrogens is 825 g/mol.